The molecule has 3 aromatic rings. The second kappa shape index (κ2) is 6.60. The number of anilines is 1. The van der Waals surface area contributed by atoms with E-state index in [0.29, 0.717) is 24.2 Å². The van der Waals surface area contributed by atoms with Crippen LogP contribution in [0.15, 0.2) is 42.5 Å². The van der Waals surface area contributed by atoms with Crippen molar-refractivity contribution in [3.63, 3.8) is 0 Å². The first kappa shape index (κ1) is 17.9. The molecular weight excluding hydrogens is 375 g/mol. The minimum Gasteiger partial charge on any atom is -0.369 e. The number of benzene rings is 2. The number of nitrogens with one attached hydrogen (secondary N) is 1. The van der Waals surface area contributed by atoms with Gasteiger partial charge in [0.25, 0.3) is 0 Å². The monoisotopic (exact) mass is 391 g/mol. The molecule has 7 heteroatoms. The van der Waals surface area contributed by atoms with Crippen LogP contribution in [0.1, 0.15) is 23.6 Å². The number of halogens is 4. The quantitative estimate of drug-likeness (QED) is 0.616. The smallest absolute Gasteiger partial charge is 0.369 e. The predicted molar refractivity (Wildman–Crippen MR) is 101 cm³/mol. The summed E-state index contributed by atoms with van der Waals surface area (Å²) in [4.78, 5) is 0. The third kappa shape index (κ3) is 3.18. The Labute approximate surface area is 159 Å². The second-order valence-corrected chi connectivity index (χ2v) is 6.88. The van der Waals surface area contributed by atoms with Crippen molar-refractivity contribution in [3.05, 3.63) is 64.2 Å². The van der Waals surface area contributed by atoms with E-state index >= 15 is 0 Å². The molecule has 2 aromatic carbocycles. The maximum absolute atomic E-state index is 13.1. The lowest BCUT2D eigenvalue weighted by atomic mass is 10.0. The molecule has 0 spiro atoms. The van der Waals surface area contributed by atoms with E-state index in [-0.39, 0.29) is 5.02 Å². The van der Waals surface area contributed by atoms with Gasteiger partial charge in [0.15, 0.2) is 0 Å². The zero-order valence-corrected chi connectivity index (χ0v) is 15.3. The van der Waals surface area contributed by atoms with Gasteiger partial charge in [0.05, 0.1) is 22.0 Å². The van der Waals surface area contributed by atoms with E-state index in [0.717, 1.165) is 35.6 Å². The molecule has 4 rings (SSSR count). The predicted octanol–water partition coefficient (Wildman–Crippen LogP) is 5.74. The van der Waals surface area contributed by atoms with Crippen LogP contribution in [-0.4, -0.2) is 16.3 Å². The van der Waals surface area contributed by atoms with E-state index in [9.17, 15) is 13.2 Å². The molecule has 0 saturated carbocycles. The molecule has 0 bridgehead atoms. The SMILES string of the molecule is CCc1ccc(-n2nc(-c3cc(C(F)(F)F)ccc3Cl)c3c2NCC3)cc1. The van der Waals surface area contributed by atoms with Crippen LogP contribution in [-0.2, 0) is 19.0 Å². The lowest BCUT2D eigenvalue weighted by molar-refractivity contribution is -0.137. The van der Waals surface area contributed by atoms with Gasteiger partial charge in [-0.15, -0.1) is 0 Å². The highest BCUT2D eigenvalue weighted by Crippen LogP contribution is 2.40. The molecule has 0 aliphatic carbocycles. The molecule has 0 atom stereocenters. The first-order valence-electron chi connectivity index (χ1n) is 8.70. The van der Waals surface area contributed by atoms with Crippen molar-refractivity contribution in [2.75, 3.05) is 11.9 Å². The lowest BCUT2D eigenvalue weighted by Crippen LogP contribution is -2.06. The van der Waals surface area contributed by atoms with E-state index in [1.165, 1.54) is 11.6 Å². The molecule has 2 heterocycles. The van der Waals surface area contributed by atoms with Crippen molar-refractivity contribution >= 4 is 17.4 Å². The van der Waals surface area contributed by atoms with E-state index in [2.05, 4.69) is 17.3 Å². The number of rotatable bonds is 3. The van der Waals surface area contributed by atoms with Crippen molar-refractivity contribution in [2.24, 2.45) is 0 Å². The summed E-state index contributed by atoms with van der Waals surface area (Å²) in [5, 5.41) is 8.15. The first-order chi connectivity index (χ1) is 12.9. The molecule has 27 heavy (non-hydrogen) atoms. The minimum atomic E-state index is -4.43. The van der Waals surface area contributed by atoms with Gasteiger partial charge in [-0.05, 0) is 48.7 Å². The number of hydrogen-bond acceptors (Lipinski definition) is 2. The van der Waals surface area contributed by atoms with Gasteiger partial charge >= 0.3 is 6.18 Å². The van der Waals surface area contributed by atoms with Gasteiger partial charge < -0.3 is 5.32 Å². The van der Waals surface area contributed by atoms with Gasteiger partial charge in [-0.2, -0.15) is 18.3 Å². The molecule has 0 radical (unpaired) electrons. The summed E-state index contributed by atoms with van der Waals surface area (Å²) < 4.78 is 41.2. The van der Waals surface area contributed by atoms with Crippen LogP contribution in [0.2, 0.25) is 5.02 Å². The summed E-state index contributed by atoms with van der Waals surface area (Å²) in [6.07, 6.45) is -2.82. The Bertz CT molecular complexity index is 991. The first-order valence-corrected chi connectivity index (χ1v) is 9.08. The van der Waals surface area contributed by atoms with Crippen molar-refractivity contribution in [2.45, 2.75) is 25.9 Å². The molecule has 0 saturated heterocycles. The number of hydrogen-bond donors (Lipinski definition) is 1. The molecule has 0 fully saturated rings. The zero-order valence-electron chi connectivity index (χ0n) is 14.6. The van der Waals surface area contributed by atoms with Crippen molar-refractivity contribution < 1.29 is 13.2 Å². The summed E-state index contributed by atoms with van der Waals surface area (Å²) in [6.45, 7) is 2.79. The van der Waals surface area contributed by atoms with Gasteiger partial charge in [0, 0.05) is 17.7 Å². The normalized spacial score (nSPS) is 13.5. The summed E-state index contributed by atoms with van der Waals surface area (Å²) in [6, 6.07) is 11.3. The Morgan fingerprint density at radius 1 is 1.15 bits per heavy atom. The Kier molecular flexibility index (Phi) is 4.38. The largest absolute Gasteiger partial charge is 0.416 e. The van der Waals surface area contributed by atoms with Gasteiger partial charge in [-0.25, -0.2) is 4.68 Å². The van der Waals surface area contributed by atoms with Crippen molar-refractivity contribution in [3.8, 4) is 16.9 Å². The zero-order chi connectivity index (χ0) is 19.2. The molecule has 1 aliphatic heterocycles. The van der Waals surface area contributed by atoms with Crippen LogP contribution in [0.5, 0.6) is 0 Å². The number of alkyl halides is 3. The highest BCUT2D eigenvalue weighted by Gasteiger charge is 2.32. The molecule has 1 aromatic heterocycles. The number of aryl methyl sites for hydroxylation is 1. The molecule has 0 unspecified atom stereocenters. The van der Waals surface area contributed by atoms with Gasteiger partial charge in [-0.3, -0.25) is 0 Å². The van der Waals surface area contributed by atoms with Crippen LogP contribution in [0.4, 0.5) is 19.0 Å². The number of aromatic nitrogens is 2. The summed E-state index contributed by atoms with van der Waals surface area (Å²) >= 11 is 6.24. The topological polar surface area (TPSA) is 29.9 Å². The van der Waals surface area contributed by atoms with E-state index < -0.39 is 11.7 Å². The van der Waals surface area contributed by atoms with Crippen LogP contribution in [0, 0.1) is 0 Å². The Morgan fingerprint density at radius 2 is 1.89 bits per heavy atom. The molecule has 1 aliphatic rings. The van der Waals surface area contributed by atoms with Crippen LogP contribution >= 0.6 is 11.6 Å². The third-order valence-corrected chi connectivity index (χ3v) is 5.12. The molecule has 1 N–H and O–H groups in total. The van der Waals surface area contributed by atoms with E-state index in [1.54, 1.807) is 4.68 Å². The molecular formula is C20H17ClF3N3. The summed E-state index contributed by atoms with van der Waals surface area (Å²) in [7, 11) is 0. The van der Waals surface area contributed by atoms with Crippen LogP contribution in [0.25, 0.3) is 16.9 Å². The Balaban J connectivity index is 1.86. The fourth-order valence-corrected chi connectivity index (χ4v) is 3.54. The fraction of sp³-hybridized carbons (Fsp3) is 0.250. The highest BCUT2D eigenvalue weighted by atomic mass is 35.5. The second-order valence-electron chi connectivity index (χ2n) is 6.48. The minimum absolute atomic E-state index is 0.253. The maximum atomic E-state index is 13.1. The lowest BCUT2D eigenvalue weighted by Gasteiger charge is -2.10. The average molecular weight is 392 g/mol. The standard InChI is InChI=1S/C20H17ClF3N3/c1-2-12-3-6-14(7-4-12)27-19-15(9-10-25-19)18(26-27)16-11-13(20(22,23)24)5-8-17(16)21/h3-8,11,25H,2,9-10H2,1H3. The third-order valence-electron chi connectivity index (χ3n) is 4.79. The number of nitrogens with zero attached hydrogens (tertiary/aromatic N) is 2. The molecule has 0 amide bonds. The number of fused-ring (bicyclic) bond motifs is 1. The average Bonchev–Trinajstić information content (AvgIpc) is 3.24. The summed E-state index contributed by atoms with van der Waals surface area (Å²) in [5.41, 5.74) is 3.00. The van der Waals surface area contributed by atoms with Gasteiger partial charge in [0.2, 0.25) is 0 Å². The highest BCUT2D eigenvalue weighted by molar-refractivity contribution is 6.33. The molecule has 3 nitrogen and oxygen atoms in total. The maximum Gasteiger partial charge on any atom is 0.416 e. The van der Waals surface area contributed by atoms with Gasteiger partial charge in [-0.1, -0.05) is 30.7 Å². The van der Waals surface area contributed by atoms with E-state index in [1.807, 2.05) is 24.3 Å². The van der Waals surface area contributed by atoms with Crippen LogP contribution < -0.4 is 5.32 Å². The Hall–Kier alpha value is -2.47. The Morgan fingerprint density at radius 3 is 2.56 bits per heavy atom. The summed E-state index contributed by atoms with van der Waals surface area (Å²) in [5.74, 6) is 0.808. The molecule has 140 valence electrons. The van der Waals surface area contributed by atoms with Gasteiger partial charge in [0.1, 0.15) is 5.82 Å². The van der Waals surface area contributed by atoms with Crippen molar-refractivity contribution in [1.29, 1.82) is 0 Å². The van der Waals surface area contributed by atoms with E-state index in [4.69, 9.17) is 11.6 Å². The van der Waals surface area contributed by atoms with Crippen molar-refractivity contribution in [1.82, 2.24) is 9.78 Å². The van der Waals surface area contributed by atoms with Crippen LogP contribution in [0.3, 0.4) is 0 Å². The fourth-order valence-electron chi connectivity index (χ4n) is 3.33.